The number of benzene rings is 1. The number of nitriles is 1. The van der Waals surface area contributed by atoms with Gasteiger partial charge in [0.25, 0.3) is 0 Å². The lowest BCUT2D eigenvalue weighted by molar-refractivity contribution is -0.139. The van der Waals surface area contributed by atoms with Crippen molar-refractivity contribution in [2.45, 2.75) is 26.7 Å². The van der Waals surface area contributed by atoms with Crippen LogP contribution in [0.25, 0.3) is 0 Å². The summed E-state index contributed by atoms with van der Waals surface area (Å²) in [5.74, 6) is -0.927. The van der Waals surface area contributed by atoms with Crippen LogP contribution >= 0.6 is 0 Å². The molecule has 3 N–H and O–H groups in total. The molecule has 0 radical (unpaired) electrons. The van der Waals surface area contributed by atoms with Gasteiger partial charge < -0.3 is 30.0 Å². The minimum Gasteiger partial charge on any atom is -0.463 e. The number of fused-ring (bicyclic) bond motifs is 1. The van der Waals surface area contributed by atoms with Crippen LogP contribution in [-0.2, 0) is 19.1 Å². The smallest absolute Gasteiger partial charge is 0.338 e. The number of anilines is 1. The Bertz CT molecular complexity index is 957. The van der Waals surface area contributed by atoms with Crippen LogP contribution in [0.2, 0.25) is 0 Å². The van der Waals surface area contributed by atoms with Crippen molar-refractivity contribution in [3.8, 4) is 17.6 Å². The van der Waals surface area contributed by atoms with Crippen molar-refractivity contribution in [2.75, 3.05) is 18.7 Å². The highest BCUT2D eigenvalue weighted by Gasteiger charge is 2.38. The second-order valence-electron chi connectivity index (χ2n) is 6.09. The van der Waals surface area contributed by atoms with Gasteiger partial charge >= 0.3 is 5.97 Å². The van der Waals surface area contributed by atoms with Gasteiger partial charge in [-0.15, -0.1) is 0 Å². The molecule has 0 fully saturated rings. The fraction of sp³-hybridized carbons (Fsp3) is 0.316. The summed E-state index contributed by atoms with van der Waals surface area (Å²) < 4.78 is 21.4. The lowest BCUT2D eigenvalue weighted by Gasteiger charge is -2.28. The summed E-state index contributed by atoms with van der Waals surface area (Å²) in [5, 5.41) is 12.4. The molecule has 2 heterocycles. The van der Waals surface area contributed by atoms with Crippen LogP contribution in [0.3, 0.4) is 0 Å². The third-order valence-electron chi connectivity index (χ3n) is 4.27. The van der Waals surface area contributed by atoms with E-state index < -0.39 is 11.9 Å². The van der Waals surface area contributed by atoms with Crippen LogP contribution in [-0.4, -0.2) is 25.3 Å². The van der Waals surface area contributed by atoms with E-state index in [1.165, 1.54) is 6.92 Å². The maximum absolute atomic E-state index is 12.7. The van der Waals surface area contributed by atoms with Gasteiger partial charge in [-0.25, -0.2) is 4.79 Å². The third-order valence-corrected chi connectivity index (χ3v) is 4.27. The van der Waals surface area contributed by atoms with Gasteiger partial charge in [0.15, 0.2) is 11.5 Å². The zero-order chi connectivity index (χ0) is 20.4. The highest BCUT2D eigenvalue weighted by Crippen LogP contribution is 2.46. The van der Waals surface area contributed by atoms with Gasteiger partial charge in [0.2, 0.25) is 18.6 Å². The number of nitrogens with zero attached hydrogens (tertiary/aromatic N) is 1. The predicted octanol–water partition coefficient (Wildman–Crippen LogP) is 2.02. The Morgan fingerprint density at radius 3 is 2.64 bits per heavy atom. The van der Waals surface area contributed by atoms with Crippen molar-refractivity contribution < 1.29 is 28.5 Å². The lowest BCUT2D eigenvalue weighted by atomic mass is 9.82. The molecule has 2 aliphatic rings. The minimum atomic E-state index is -0.908. The molecular weight excluding hydrogens is 366 g/mol. The Kier molecular flexibility index (Phi) is 5.13. The number of carbonyl (C=O) groups is 2. The second kappa shape index (κ2) is 7.52. The first kappa shape index (κ1) is 19.1. The van der Waals surface area contributed by atoms with Crippen LogP contribution in [0.5, 0.6) is 11.5 Å². The summed E-state index contributed by atoms with van der Waals surface area (Å²) >= 11 is 0. The summed E-state index contributed by atoms with van der Waals surface area (Å²) in [6, 6.07) is 5.19. The molecular formula is C19H19N3O6. The first-order valence-corrected chi connectivity index (χ1v) is 8.54. The molecule has 146 valence electrons. The summed E-state index contributed by atoms with van der Waals surface area (Å²) in [4.78, 5) is 24.4. The van der Waals surface area contributed by atoms with E-state index in [1.807, 2.05) is 6.07 Å². The zero-order valence-electron chi connectivity index (χ0n) is 15.6. The van der Waals surface area contributed by atoms with Crippen molar-refractivity contribution in [1.82, 2.24) is 0 Å². The summed E-state index contributed by atoms with van der Waals surface area (Å²) in [5.41, 5.74) is 6.86. The second-order valence-corrected chi connectivity index (χ2v) is 6.09. The van der Waals surface area contributed by atoms with E-state index in [0.717, 1.165) is 0 Å². The molecule has 0 saturated carbocycles. The van der Waals surface area contributed by atoms with Gasteiger partial charge in [-0.2, -0.15) is 5.26 Å². The number of hydrogen-bond donors (Lipinski definition) is 2. The summed E-state index contributed by atoms with van der Waals surface area (Å²) in [6.07, 6.45) is 0. The van der Waals surface area contributed by atoms with Gasteiger partial charge in [-0.05, 0) is 25.5 Å². The van der Waals surface area contributed by atoms with Crippen LogP contribution < -0.4 is 20.5 Å². The average molecular weight is 385 g/mol. The highest BCUT2D eigenvalue weighted by atomic mass is 16.7. The van der Waals surface area contributed by atoms with E-state index in [-0.39, 0.29) is 42.1 Å². The van der Waals surface area contributed by atoms with E-state index in [4.69, 9.17) is 24.7 Å². The molecule has 3 rings (SSSR count). The molecule has 0 saturated heterocycles. The van der Waals surface area contributed by atoms with Crippen molar-refractivity contribution in [1.29, 1.82) is 5.26 Å². The Morgan fingerprint density at radius 1 is 1.36 bits per heavy atom. The number of carbonyl (C=O) groups excluding carboxylic acids is 2. The highest BCUT2D eigenvalue weighted by molar-refractivity contribution is 5.95. The quantitative estimate of drug-likeness (QED) is 0.752. The fourth-order valence-corrected chi connectivity index (χ4v) is 3.16. The number of esters is 1. The van der Waals surface area contributed by atoms with Crippen LogP contribution in [0.1, 0.15) is 32.3 Å². The number of nitrogens with two attached hydrogens (primary N) is 1. The summed E-state index contributed by atoms with van der Waals surface area (Å²) in [6.45, 7) is 4.75. The Balaban J connectivity index is 2.24. The maximum Gasteiger partial charge on any atom is 0.338 e. The molecule has 1 aromatic carbocycles. The third kappa shape index (κ3) is 3.32. The van der Waals surface area contributed by atoms with Crippen molar-refractivity contribution in [2.24, 2.45) is 5.73 Å². The van der Waals surface area contributed by atoms with Crippen LogP contribution in [0.4, 0.5) is 5.69 Å². The Hall–Kier alpha value is -3.67. The number of rotatable bonds is 4. The van der Waals surface area contributed by atoms with Crippen LogP contribution in [0, 0.1) is 11.3 Å². The molecule has 9 heteroatoms. The molecule has 1 unspecified atom stereocenters. The minimum absolute atomic E-state index is 0.0226. The normalized spacial score (nSPS) is 17.7. The Morgan fingerprint density at radius 2 is 2.04 bits per heavy atom. The maximum atomic E-state index is 12.7. The average Bonchev–Trinajstić information content (AvgIpc) is 3.07. The largest absolute Gasteiger partial charge is 0.463 e. The summed E-state index contributed by atoms with van der Waals surface area (Å²) in [7, 11) is 0. The molecule has 1 aromatic rings. The number of nitrogens with one attached hydrogen (secondary N) is 1. The molecule has 0 aromatic heterocycles. The van der Waals surface area contributed by atoms with E-state index in [9.17, 15) is 14.9 Å². The van der Waals surface area contributed by atoms with Gasteiger partial charge in [0, 0.05) is 18.7 Å². The number of hydrogen-bond acceptors (Lipinski definition) is 8. The topological polar surface area (TPSA) is 133 Å². The molecule has 0 bridgehead atoms. The molecule has 0 spiro atoms. The monoisotopic (exact) mass is 385 g/mol. The van der Waals surface area contributed by atoms with Crippen molar-refractivity contribution in [3.05, 3.63) is 40.5 Å². The van der Waals surface area contributed by atoms with Crippen LogP contribution in [0.15, 0.2) is 34.9 Å². The number of ether oxygens (including phenoxy) is 4. The number of allylic oxidation sites excluding steroid dienone is 2. The molecule has 1 amide bonds. The molecule has 0 aliphatic carbocycles. The van der Waals surface area contributed by atoms with E-state index in [0.29, 0.717) is 22.7 Å². The van der Waals surface area contributed by atoms with Gasteiger partial charge in [-0.1, -0.05) is 0 Å². The van der Waals surface area contributed by atoms with E-state index in [1.54, 1.807) is 26.0 Å². The van der Waals surface area contributed by atoms with E-state index >= 15 is 0 Å². The Labute approximate surface area is 161 Å². The van der Waals surface area contributed by atoms with E-state index in [2.05, 4.69) is 5.32 Å². The first-order chi connectivity index (χ1) is 13.4. The SMILES string of the molecule is CCOC(=O)C1=C(C)OC(N)=C(C#N)C1c1cc2c(cc1NC(C)=O)OCO2. The first-order valence-electron chi connectivity index (χ1n) is 8.54. The van der Waals surface area contributed by atoms with Gasteiger partial charge in [-0.3, -0.25) is 4.79 Å². The molecule has 1 atom stereocenters. The molecule has 28 heavy (non-hydrogen) atoms. The predicted molar refractivity (Wildman–Crippen MR) is 96.9 cm³/mol. The zero-order valence-corrected chi connectivity index (χ0v) is 15.6. The molecule has 9 nitrogen and oxygen atoms in total. The van der Waals surface area contributed by atoms with Crippen molar-refractivity contribution >= 4 is 17.6 Å². The van der Waals surface area contributed by atoms with Gasteiger partial charge in [0.05, 0.1) is 18.1 Å². The van der Waals surface area contributed by atoms with Crippen molar-refractivity contribution in [3.63, 3.8) is 0 Å². The lowest BCUT2D eigenvalue weighted by Crippen LogP contribution is -2.26. The number of amides is 1. The van der Waals surface area contributed by atoms with Gasteiger partial charge in [0.1, 0.15) is 17.4 Å². The standard InChI is InChI=1S/C19H19N3O6/c1-4-25-19(24)16-9(2)28-18(21)12(7-20)17(16)11-5-14-15(27-8-26-14)6-13(11)22-10(3)23/h5-6,17H,4,8,21H2,1-3H3,(H,22,23). The molecule has 2 aliphatic heterocycles. The fourth-order valence-electron chi connectivity index (χ4n) is 3.16.